The van der Waals surface area contributed by atoms with Gasteiger partial charge in [0.25, 0.3) is 5.91 Å². The first-order valence-corrected chi connectivity index (χ1v) is 11.6. The molecular weight excluding hydrogens is 438 g/mol. The predicted molar refractivity (Wildman–Crippen MR) is 136 cm³/mol. The van der Waals surface area contributed by atoms with E-state index in [1.54, 1.807) is 0 Å². The Bertz CT molecular complexity index is 1260. The first kappa shape index (κ1) is 24.0. The van der Waals surface area contributed by atoms with Gasteiger partial charge in [-0.1, -0.05) is 60.7 Å². The summed E-state index contributed by atoms with van der Waals surface area (Å²) in [5.74, 6) is -0.391. The molecule has 35 heavy (non-hydrogen) atoms. The normalized spacial score (nSPS) is 10.9. The van der Waals surface area contributed by atoms with Crippen LogP contribution in [0.4, 0.5) is 0 Å². The second-order valence-electron chi connectivity index (χ2n) is 8.41. The number of hydrogen-bond donors (Lipinski definition) is 1. The van der Waals surface area contributed by atoms with Gasteiger partial charge in [0, 0.05) is 17.7 Å². The van der Waals surface area contributed by atoms with Gasteiger partial charge in [-0.3, -0.25) is 9.59 Å². The molecule has 1 amide bonds. The molecule has 0 aliphatic carbocycles. The molecule has 0 unspecified atom stereocenters. The Morgan fingerprint density at radius 1 is 0.886 bits per heavy atom. The van der Waals surface area contributed by atoms with Crippen LogP contribution in [0.5, 0.6) is 0 Å². The molecule has 0 fully saturated rings. The van der Waals surface area contributed by atoms with Crippen molar-refractivity contribution in [2.24, 2.45) is 0 Å². The monoisotopic (exact) mass is 467 g/mol. The van der Waals surface area contributed by atoms with Gasteiger partial charge in [0.1, 0.15) is 0 Å². The van der Waals surface area contributed by atoms with E-state index in [1.807, 2.05) is 103 Å². The highest BCUT2D eigenvalue weighted by molar-refractivity contribution is 5.94. The zero-order valence-electron chi connectivity index (χ0n) is 20.2. The number of carbonyl (C=O) groups excluding carboxylic acids is 2. The van der Waals surface area contributed by atoms with Crippen LogP contribution in [0.2, 0.25) is 0 Å². The van der Waals surface area contributed by atoms with Gasteiger partial charge in [-0.15, -0.1) is 0 Å². The molecule has 178 valence electrons. The first-order valence-electron chi connectivity index (χ1n) is 11.6. The Morgan fingerprint density at radius 3 is 2.00 bits per heavy atom. The topological polar surface area (TPSA) is 73.2 Å². The zero-order chi connectivity index (χ0) is 24.8. The molecule has 4 rings (SSSR count). The molecule has 0 bridgehead atoms. The minimum Gasteiger partial charge on any atom is -0.469 e. The van der Waals surface area contributed by atoms with E-state index < -0.39 is 0 Å². The Hall–Kier alpha value is -4.19. The SMILES string of the molecule is COC(=O)CCc1c(C)nn(-c2ccc(C(=O)NC(c3ccccc3)c3ccccc3)cc2)c1C. The summed E-state index contributed by atoms with van der Waals surface area (Å²) in [6.45, 7) is 3.92. The number of nitrogens with zero attached hydrogens (tertiary/aromatic N) is 2. The molecule has 3 aromatic carbocycles. The number of esters is 1. The summed E-state index contributed by atoms with van der Waals surface area (Å²) in [7, 11) is 1.39. The summed E-state index contributed by atoms with van der Waals surface area (Å²) in [5, 5.41) is 7.83. The molecule has 0 aliphatic rings. The third kappa shape index (κ3) is 5.49. The van der Waals surface area contributed by atoms with Gasteiger partial charge in [-0.05, 0) is 61.2 Å². The Kier molecular flexibility index (Phi) is 7.41. The van der Waals surface area contributed by atoms with E-state index in [9.17, 15) is 9.59 Å². The Labute approximate surface area is 205 Å². The van der Waals surface area contributed by atoms with Crippen molar-refractivity contribution in [3.8, 4) is 5.69 Å². The van der Waals surface area contributed by atoms with Crippen molar-refractivity contribution in [1.82, 2.24) is 15.1 Å². The average Bonchev–Trinajstić information content (AvgIpc) is 3.19. The quantitative estimate of drug-likeness (QED) is 0.365. The zero-order valence-corrected chi connectivity index (χ0v) is 20.2. The molecule has 0 saturated heterocycles. The van der Waals surface area contributed by atoms with Gasteiger partial charge in [0.05, 0.1) is 24.5 Å². The number of rotatable bonds is 8. The number of aromatic nitrogens is 2. The van der Waals surface area contributed by atoms with Gasteiger partial charge in [-0.2, -0.15) is 5.10 Å². The highest BCUT2D eigenvalue weighted by Crippen LogP contribution is 2.23. The van der Waals surface area contributed by atoms with Crippen LogP contribution >= 0.6 is 0 Å². The smallest absolute Gasteiger partial charge is 0.305 e. The lowest BCUT2D eigenvalue weighted by atomic mass is 9.98. The lowest BCUT2D eigenvalue weighted by Gasteiger charge is -2.20. The number of carbonyl (C=O) groups is 2. The van der Waals surface area contributed by atoms with Crippen molar-refractivity contribution >= 4 is 11.9 Å². The van der Waals surface area contributed by atoms with Crippen LogP contribution < -0.4 is 5.32 Å². The molecule has 6 heteroatoms. The van der Waals surface area contributed by atoms with E-state index in [4.69, 9.17) is 4.74 Å². The first-order chi connectivity index (χ1) is 17.0. The summed E-state index contributed by atoms with van der Waals surface area (Å²) in [6, 6.07) is 27.0. The molecule has 6 nitrogen and oxygen atoms in total. The van der Waals surface area contributed by atoms with E-state index in [0.29, 0.717) is 18.4 Å². The summed E-state index contributed by atoms with van der Waals surface area (Å²) in [4.78, 5) is 24.7. The number of ether oxygens (including phenoxy) is 1. The molecule has 0 saturated carbocycles. The van der Waals surface area contributed by atoms with Crippen molar-refractivity contribution in [2.75, 3.05) is 7.11 Å². The van der Waals surface area contributed by atoms with Crippen LogP contribution in [0.15, 0.2) is 84.9 Å². The van der Waals surface area contributed by atoms with E-state index in [0.717, 1.165) is 33.8 Å². The molecule has 1 N–H and O–H groups in total. The number of nitrogens with one attached hydrogen (secondary N) is 1. The number of benzene rings is 3. The standard InChI is InChI=1S/C29H29N3O3/c1-20-26(18-19-27(33)35-3)21(2)32(31-20)25-16-14-24(15-17-25)29(34)30-28(22-10-6-4-7-11-22)23-12-8-5-9-13-23/h4-17,28H,18-19H2,1-3H3,(H,30,34). The summed E-state index contributed by atoms with van der Waals surface area (Å²) in [6.07, 6.45) is 0.887. The van der Waals surface area contributed by atoms with Gasteiger partial charge in [-0.25, -0.2) is 4.68 Å². The van der Waals surface area contributed by atoms with E-state index in [-0.39, 0.29) is 17.9 Å². The van der Waals surface area contributed by atoms with Crippen molar-refractivity contribution in [1.29, 1.82) is 0 Å². The fraction of sp³-hybridized carbons (Fsp3) is 0.207. The second kappa shape index (κ2) is 10.8. The predicted octanol–water partition coefficient (Wildman–Crippen LogP) is 5.11. The lowest BCUT2D eigenvalue weighted by Crippen LogP contribution is -2.29. The van der Waals surface area contributed by atoms with Gasteiger partial charge in [0.15, 0.2) is 0 Å². The highest BCUT2D eigenvalue weighted by atomic mass is 16.5. The molecule has 0 spiro atoms. The van der Waals surface area contributed by atoms with Crippen LogP contribution in [0, 0.1) is 13.8 Å². The maximum atomic E-state index is 13.2. The molecule has 0 aliphatic heterocycles. The van der Waals surface area contributed by atoms with Crippen molar-refractivity contribution < 1.29 is 14.3 Å². The molecule has 0 radical (unpaired) electrons. The largest absolute Gasteiger partial charge is 0.469 e. The van der Waals surface area contributed by atoms with Gasteiger partial charge >= 0.3 is 5.97 Å². The van der Waals surface area contributed by atoms with Crippen molar-refractivity contribution in [3.05, 3.63) is 119 Å². The van der Waals surface area contributed by atoms with Crippen LogP contribution in [0.1, 0.15) is 50.9 Å². The fourth-order valence-corrected chi connectivity index (χ4v) is 4.24. The van der Waals surface area contributed by atoms with Crippen molar-refractivity contribution in [3.63, 3.8) is 0 Å². The third-order valence-corrected chi connectivity index (χ3v) is 6.16. The van der Waals surface area contributed by atoms with E-state index in [1.165, 1.54) is 7.11 Å². The van der Waals surface area contributed by atoms with Crippen LogP contribution in [0.3, 0.4) is 0 Å². The summed E-state index contributed by atoms with van der Waals surface area (Å²) < 4.78 is 6.61. The molecule has 0 atom stereocenters. The third-order valence-electron chi connectivity index (χ3n) is 6.16. The number of hydrogen-bond acceptors (Lipinski definition) is 4. The summed E-state index contributed by atoms with van der Waals surface area (Å²) in [5.41, 5.74) is 6.34. The molecule has 1 heterocycles. The second-order valence-corrected chi connectivity index (χ2v) is 8.41. The highest BCUT2D eigenvalue weighted by Gasteiger charge is 2.18. The number of amides is 1. The molecule has 1 aromatic heterocycles. The van der Waals surface area contributed by atoms with Crippen LogP contribution in [-0.2, 0) is 16.0 Å². The fourth-order valence-electron chi connectivity index (χ4n) is 4.24. The average molecular weight is 468 g/mol. The summed E-state index contributed by atoms with van der Waals surface area (Å²) >= 11 is 0. The number of aryl methyl sites for hydroxylation is 1. The van der Waals surface area contributed by atoms with E-state index in [2.05, 4.69) is 10.4 Å². The number of methoxy groups -OCH3 is 1. The minimum atomic E-state index is -0.252. The van der Waals surface area contributed by atoms with Crippen LogP contribution in [-0.4, -0.2) is 28.8 Å². The van der Waals surface area contributed by atoms with Gasteiger partial charge in [0.2, 0.25) is 0 Å². The van der Waals surface area contributed by atoms with Crippen molar-refractivity contribution in [2.45, 2.75) is 32.7 Å². The maximum Gasteiger partial charge on any atom is 0.305 e. The lowest BCUT2D eigenvalue weighted by molar-refractivity contribution is -0.140. The van der Waals surface area contributed by atoms with Gasteiger partial charge < -0.3 is 10.1 Å². The Morgan fingerprint density at radius 2 is 1.46 bits per heavy atom. The van der Waals surface area contributed by atoms with Crippen LogP contribution in [0.25, 0.3) is 5.69 Å². The maximum absolute atomic E-state index is 13.2. The molecule has 4 aromatic rings. The minimum absolute atomic E-state index is 0.151. The molecular formula is C29H29N3O3. The van der Waals surface area contributed by atoms with E-state index >= 15 is 0 Å². The Balaban J connectivity index is 1.54.